The number of alkyl halides is 3. The summed E-state index contributed by atoms with van der Waals surface area (Å²) in [7, 11) is 0. The minimum absolute atomic E-state index is 0.0138. The number of ether oxygens (including phenoxy) is 1. The van der Waals surface area contributed by atoms with Crippen molar-refractivity contribution in [3.8, 4) is 11.8 Å². The van der Waals surface area contributed by atoms with E-state index in [2.05, 4.69) is 30.3 Å². The zero-order chi connectivity index (χ0) is 24.7. The van der Waals surface area contributed by atoms with Crippen LogP contribution in [-0.2, 0) is 6.54 Å². The molecule has 2 fully saturated rings. The van der Waals surface area contributed by atoms with Crippen LogP contribution in [0.1, 0.15) is 18.5 Å². The lowest BCUT2D eigenvalue weighted by molar-refractivity contribution is -0.143. The number of anilines is 2. The van der Waals surface area contributed by atoms with E-state index in [1.54, 1.807) is 0 Å². The van der Waals surface area contributed by atoms with Crippen molar-refractivity contribution in [1.82, 2.24) is 24.7 Å². The van der Waals surface area contributed by atoms with Gasteiger partial charge in [0, 0.05) is 37.0 Å². The summed E-state index contributed by atoms with van der Waals surface area (Å²) >= 11 is 0. The van der Waals surface area contributed by atoms with Gasteiger partial charge in [0.25, 0.3) is 0 Å². The summed E-state index contributed by atoms with van der Waals surface area (Å²) in [5.74, 6) is -1.22. The van der Waals surface area contributed by atoms with Crippen LogP contribution in [0, 0.1) is 30.4 Å². The van der Waals surface area contributed by atoms with Gasteiger partial charge in [-0.1, -0.05) is 0 Å². The van der Waals surface area contributed by atoms with Crippen molar-refractivity contribution in [2.45, 2.75) is 38.5 Å². The maximum Gasteiger partial charge on any atom is 0.408 e. The number of benzene rings is 1. The fourth-order valence-electron chi connectivity index (χ4n) is 4.79. The van der Waals surface area contributed by atoms with E-state index in [-0.39, 0.29) is 29.6 Å². The molecule has 0 spiro atoms. The standard InChI is InChI=1S/C22H22F5N7O/c1-12-6-18(29-11-28-12)33-8-13-2-3-14(9-33)19(13)30-20-31-21(34(32-20)10-22(25,26)27)35-15-4-5-16(23)17(24)7-15/h4-7,11,13-14,19H,2-3,8-10H2,1H3,(H,30,32)/t13-,14+,19?. The van der Waals surface area contributed by atoms with E-state index in [1.165, 1.54) is 6.33 Å². The summed E-state index contributed by atoms with van der Waals surface area (Å²) in [6.07, 6.45) is -1.16. The van der Waals surface area contributed by atoms with Crippen LogP contribution in [0.4, 0.5) is 33.7 Å². The average molecular weight is 495 g/mol. The van der Waals surface area contributed by atoms with Gasteiger partial charge in [0.05, 0.1) is 0 Å². The van der Waals surface area contributed by atoms with Gasteiger partial charge >= 0.3 is 12.2 Å². The van der Waals surface area contributed by atoms with Gasteiger partial charge in [0.15, 0.2) is 11.6 Å². The van der Waals surface area contributed by atoms with Crippen molar-refractivity contribution in [3.63, 3.8) is 0 Å². The van der Waals surface area contributed by atoms with Gasteiger partial charge in [0.2, 0.25) is 5.95 Å². The highest BCUT2D eigenvalue weighted by Gasteiger charge is 2.43. The zero-order valence-corrected chi connectivity index (χ0v) is 18.6. The largest absolute Gasteiger partial charge is 0.424 e. The Hall–Kier alpha value is -3.51. The lowest BCUT2D eigenvalue weighted by Gasteiger charge is -2.38. The predicted octanol–water partition coefficient (Wildman–Crippen LogP) is 4.34. The molecule has 35 heavy (non-hydrogen) atoms. The van der Waals surface area contributed by atoms with Gasteiger partial charge in [-0.2, -0.15) is 18.2 Å². The third-order valence-corrected chi connectivity index (χ3v) is 6.31. The third kappa shape index (κ3) is 5.13. The normalized spacial score (nSPS) is 21.9. The number of aromatic nitrogens is 5. The first-order chi connectivity index (χ1) is 16.6. The van der Waals surface area contributed by atoms with Crippen molar-refractivity contribution >= 4 is 11.8 Å². The zero-order valence-electron chi connectivity index (χ0n) is 18.6. The van der Waals surface area contributed by atoms with Crippen molar-refractivity contribution in [2.24, 2.45) is 11.8 Å². The molecule has 3 aromatic rings. The molecule has 1 N–H and O–H groups in total. The summed E-state index contributed by atoms with van der Waals surface area (Å²) in [6.45, 7) is 1.91. The second-order valence-electron chi connectivity index (χ2n) is 8.86. The molecule has 1 aromatic carbocycles. The van der Waals surface area contributed by atoms with Crippen LogP contribution in [-0.4, -0.2) is 50.0 Å². The monoisotopic (exact) mass is 495 g/mol. The molecular formula is C22H22F5N7O. The Kier molecular flexibility index (Phi) is 5.93. The summed E-state index contributed by atoms with van der Waals surface area (Å²) in [5, 5.41) is 7.15. The van der Waals surface area contributed by atoms with Gasteiger partial charge in [-0.05, 0) is 43.7 Å². The van der Waals surface area contributed by atoms with Crippen LogP contribution in [0.3, 0.4) is 0 Å². The van der Waals surface area contributed by atoms with E-state index in [0.717, 1.165) is 55.6 Å². The highest BCUT2D eigenvalue weighted by Crippen LogP contribution is 2.40. The minimum Gasteiger partial charge on any atom is -0.424 e. The second kappa shape index (κ2) is 8.93. The molecule has 1 saturated carbocycles. The van der Waals surface area contributed by atoms with E-state index in [0.29, 0.717) is 4.68 Å². The Labute approximate surface area is 197 Å². The molecule has 1 aliphatic heterocycles. The topological polar surface area (TPSA) is 81.0 Å². The molecule has 8 nitrogen and oxygen atoms in total. The molecule has 186 valence electrons. The summed E-state index contributed by atoms with van der Waals surface area (Å²) in [6, 6.07) is 4.07. The van der Waals surface area contributed by atoms with E-state index in [9.17, 15) is 22.0 Å². The minimum atomic E-state index is -4.59. The molecule has 2 bridgehead atoms. The SMILES string of the molecule is Cc1cc(N2C[C@H]3CC[C@@H](C2)C3Nc2nc(Oc3ccc(F)c(F)c3)n(CC(F)(F)F)n2)ncn1. The summed E-state index contributed by atoms with van der Waals surface area (Å²) in [5.41, 5.74) is 0.871. The molecule has 0 amide bonds. The van der Waals surface area contributed by atoms with Crippen LogP contribution in [0.5, 0.6) is 11.8 Å². The maximum atomic E-state index is 13.5. The number of nitrogens with zero attached hydrogens (tertiary/aromatic N) is 6. The predicted molar refractivity (Wildman–Crippen MR) is 115 cm³/mol. The van der Waals surface area contributed by atoms with Crippen molar-refractivity contribution < 1.29 is 26.7 Å². The molecule has 1 unspecified atom stereocenters. The number of piperidine rings is 1. The first kappa shape index (κ1) is 23.2. The number of nitrogens with one attached hydrogen (secondary N) is 1. The molecule has 3 heterocycles. The summed E-state index contributed by atoms with van der Waals surface area (Å²) in [4.78, 5) is 14.8. The molecule has 13 heteroatoms. The number of aryl methyl sites for hydroxylation is 1. The number of hydrogen-bond donors (Lipinski definition) is 1. The van der Waals surface area contributed by atoms with Crippen LogP contribution in [0.25, 0.3) is 0 Å². The van der Waals surface area contributed by atoms with Crippen LogP contribution >= 0.6 is 0 Å². The molecule has 5 rings (SSSR count). The van der Waals surface area contributed by atoms with Crippen LogP contribution in [0.2, 0.25) is 0 Å². The van der Waals surface area contributed by atoms with Gasteiger partial charge in [-0.15, -0.1) is 5.10 Å². The molecular weight excluding hydrogens is 473 g/mol. The van der Waals surface area contributed by atoms with Crippen molar-refractivity contribution in [1.29, 1.82) is 0 Å². The van der Waals surface area contributed by atoms with E-state index >= 15 is 0 Å². The van der Waals surface area contributed by atoms with Gasteiger partial charge in [0.1, 0.15) is 24.4 Å². The molecule has 1 aliphatic carbocycles. The highest BCUT2D eigenvalue weighted by atomic mass is 19.4. The van der Waals surface area contributed by atoms with Crippen molar-refractivity contribution in [3.05, 3.63) is 47.9 Å². The van der Waals surface area contributed by atoms with Gasteiger partial charge in [-0.25, -0.2) is 23.4 Å². The lowest BCUT2D eigenvalue weighted by atomic mass is 9.92. The number of rotatable bonds is 6. The highest BCUT2D eigenvalue weighted by molar-refractivity contribution is 5.42. The Morgan fingerprint density at radius 2 is 1.80 bits per heavy atom. The lowest BCUT2D eigenvalue weighted by Crippen LogP contribution is -2.48. The Balaban J connectivity index is 1.34. The fraction of sp³-hybridized carbons (Fsp3) is 0.455. The smallest absolute Gasteiger partial charge is 0.408 e. The molecule has 2 aliphatic rings. The van der Waals surface area contributed by atoms with E-state index in [1.807, 2.05) is 13.0 Å². The maximum absolute atomic E-state index is 13.5. The molecule has 1 saturated heterocycles. The average Bonchev–Trinajstić information content (AvgIpc) is 3.24. The van der Waals surface area contributed by atoms with E-state index < -0.39 is 30.4 Å². The van der Waals surface area contributed by atoms with Crippen LogP contribution < -0.4 is 15.0 Å². The Morgan fingerprint density at radius 3 is 2.46 bits per heavy atom. The fourth-order valence-corrected chi connectivity index (χ4v) is 4.79. The summed E-state index contributed by atoms with van der Waals surface area (Å²) < 4.78 is 72.0. The number of fused-ring (bicyclic) bond motifs is 2. The van der Waals surface area contributed by atoms with Gasteiger partial charge in [-0.3, -0.25) is 0 Å². The van der Waals surface area contributed by atoms with E-state index in [4.69, 9.17) is 4.74 Å². The number of hydrogen-bond acceptors (Lipinski definition) is 7. The quantitative estimate of drug-likeness (QED) is 0.510. The third-order valence-electron chi connectivity index (χ3n) is 6.31. The van der Waals surface area contributed by atoms with Crippen molar-refractivity contribution in [2.75, 3.05) is 23.3 Å². The molecule has 3 atom stereocenters. The Morgan fingerprint density at radius 1 is 1.06 bits per heavy atom. The second-order valence-corrected chi connectivity index (χ2v) is 8.86. The first-order valence-corrected chi connectivity index (χ1v) is 11.1. The molecule has 2 aromatic heterocycles. The Bertz CT molecular complexity index is 1200. The van der Waals surface area contributed by atoms with Gasteiger partial charge < -0.3 is 15.0 Å². The van der Waals surface area contributed by atoms with Crippen LogP contribution in [0.15, 0.2) is 30.6 Å². The molecule has 0 radical (unpaired) electrons. The first-order valence-electron chi connectivity index (χ1n) is 11.1. The number of halogens is 5.